The van der Waals surface area contributed by atoms with Crippen molar-refractivity contribution in [1.29, 1.82) is 0 Å². The van der Waals surface area contributed by atoms with E-state index in [-0.39, 0.29) is 6.04 Å². The summed E-state index contributed by atoms with van der Waals surface area (Å²) in [7, 11) is 1.84. The zero-order valence-corrected chi connectivity index (χ0v) is 13.0. The SMILES string of the molecule is CCC(Nc1nc(NC)nc2sccc12)c1cccs1. The van der Waals surface area contributed by atoms with Crippen molar-refractivity contribution in [2.75, 3.05) is 17.7 Å². The molecule has 4 nitrogen and oxygen atoms in total. The number of hydrogen-bond donors (Lipinski definition) is 2. The predicted molar refractivity (Wildman–Crippen MR) is 87.9 cm³/mol. The van der Waals surface area contributed by atoms with Gasteiger partial charge in [-0.2, -0.15) is 4.98 Å². The molecule has 0 saturated heterocycles. The van der Waals surface area contributed by atoms with Gasteiger partial charge in [0.2, 0.25) is 5.95 Å². The number of thiophene rings is 2. The Morgan fingerprint density at radius 2 is 2.10 bits per heavy atom. The fourth-order valence-corrected chi connectivity index (χ4v) is 3.73. The van der Waals surface area contributed by atoms with Crippen LogP contribution in [0.5, 0.6) is 0 Å². The van der Waals surface area contributed by atoms with Gasteiger partial charge >= 0.3 is 0 Å². The molecule has 0 saturated carbocycles. The van der Waals surface area contributed by atoms with Crippen LogP contribution in [0.1, 0.15) is 24.3 Å². The standard InChI is InChI=1S/C14H16N4S2/c1-3-10(11-5-4-7-19-11)16-12-9-6-8-20-13(9)18-14(15-2)17-12/h4-8,10H,3H2,1-2H3,(H2,15,16,17,18). The molecule has 1 unspecified atom stereocenters. The van der Waals surface area contributed by atoms with Crippen molar-refractivity contribution < 1.29 is 0 Å². The summed E-state index contributed by atoms with van der Waals surface area (Å²) in [5, 5.41) is 11.8. The zero-order chi connectivity index (χ0) is 13.9. The Balaban J connectivity index is 1.98. The van der Waals surface area contributed by atoms with Crippen molar-refractivity contribution in [2.45, 2.75) is 19.4 Å². The smallest absolute Gasteiger partial charge is 0.225 e. The van der Waals surface area contributed by atoms with Gasteiger partial charge in [-0.3, -0.25) is 0 Å². The van der Waals surface area contributed by atoms with Crippen LogP contribution in [-0.2, 0) is 0 Å². The molecule has 0 aliphatic carbocycles. The van der Waals surface area contributed by atoms with E-state index in [1.165, 1.54) is 4.88 Å². The summed E-state index contributed by atoms with van der Waals surface area (Å²) in [5.41, 5.74) is 0. The molecule has 0 fully saturated rings. The Labute approximate surface area is 125 Å². The maximum Gasteiger partial charge on any atom is 0.225 e. The van der Waals surface area contributed by atoms with Crippen LogP contribution in [0, 0.1) is 0 Å². The minimum absolute atomic E-state index is 0.290. The van der Waals surface area contributed by atoms with Crippen LogP contribution >= 0.6 is 22.7 Å². The molecule has 3 aromatic heterocycles. The van der Waals surface area contributed by atoms with E-state index in [0.717, 1.165) is 22.5 Å². The van der Waals surface area contributed by atoms with E-state index in [4.69, 9.17) is 0 Å². The highest BCUT2D eigenvalue weighted by Gasteiger charge is 2.14. The number of nitrogens with zero attached hydrogens (tertiary/aromatic N) is 2. The van der Waals surface area contributed by atoms with E-state index in [1.807, 2.05) is 7.05 Å². The van der Waals surface area contributed by atoms with E-state index < -0.39 is 0 Å². The molecule has 0 bridgehead atoms. The molecule has 6 heteroatoms. The van der Waals surface area contributed by atoms with Gasteiger partial charge in [-0.05, 0) is 29.3 Å². The topological polar surface area (TPSA) is 49.8 Å². The number of hydrogen-bond acceptors (Lipinski definition) is 6. The number of nitrogens with one attached hydrogen (secondary N) is 2. The second kappa shape index (κ2) is 5.76. The maximum absolute atomic E-state index is 4.57. The zero-order valence-electron chi connectivity index (χ0n) is 11.4. The lowest BCUT2D eigenvalue weighted by molar-refractivity contribution is 0.760. The lowest BCUT2D eigenvalue weighted by atomic mass is 10.2. The minimum atomic E-state index is 0.290. The highest BCUT2D eigenvalue weighted by Crippen LogP contribution is 2.31. The first kappa shape index (κ1) is 13.3. The first-order chi connectivity index (χ1) is 9.81. The lowest BCUT2D eigenvalue weighted by Crippen LogP contribution is -2.10. The monoisotopic (exact) mass is 304 g/mol. The van der Waals surface area contributed by atoms with Gasteiger partial charge in [0.25, 0.3) is 0 Å². The number of anilines is 2. The van der Waals surface area contributed by atoms with Crippen molar-refractivity contribution in [3.8, 4) is 0 Å². The van der Waals surface area contributed by atoms with Gasteiger partial charge < -0.3 is 10.6 Å². The normalized spacial score (nSPS) is 12.5. The predicted octanol–water partition coefficient (Wildman–Crippen LogP) is 4.36. The third kappa shape index (κ3) is 2.48. The first-order valence-corrected chi connectivity index (χ1v) is 8.30. The molecule has 0 amide bonds. The molecule has 0 aromatic carbocycles. The summed E-state index contributed by atoms with van der Waals surface area (Å²) in [4.78, 5) is 11.4. The van der Waals surface area contributed by atoms with Gasteiger partial charge in [0, 0.05) is 11.9 Å². The van der Waals surface area contributed by atoms with Crippen molar-refractivity contribution in [2.24, 2.45) is 0 Å². The van der Waals surface area contributed by atoms with Gasteiger partial charge in [0.15, 0.2) is 0 Å². The second-order valence-electron chi connectivity index (χ2n) is 4.41. The Kier molecular flexibility index (Phi) is 3.84. The molecule has 20 heavy (non-hydrogen) atoms. The van der Waals surface area contributed by atoms with Crippen LogP contribution in [0.2, 0.25) is 0 Å². The largest absolute Gasteiger partial charge is 0.362 e. The minimum Gasteiger partial charge on any atom is -0.362 e. The second-order valence-corrected chi connectivity index (χ2v) is 6.28. The summed E-state index contributed by atoms with van der Waals surface area (Å²) in [6.07, 6.45) is 1.02. The molecular weight excluding hydrogens is 288 g/mol. The van der Waals surface area contributed by atoms with Gasteiger partial charge in [0.05, 0.1) is 11.4 Å². The lowest BCUT2D eigenvalue weighted by Gasteiger charge is -2.17. The molecule has 0 aliphatic heterocycles. The van der Waals surface area contributed by atoms with E-state index >= 15 is 0 Å². The van der Waals surface area contributed by atoms with Crippen molar-refractivity contribution in [3.63, 3.8) is 0 Å². The van der Waals surface area contributed by atoms with Crippen LogP contribution in [-0.4, -0.2) is 17.0 Å². The first-order valence-electron chi connectivity index (χ1n) is 6.54. The quantitative estimate of drug-likeness (QED) is 0.735. The van der Waals surface area contributed by atoms with E-state index in [2.05, 4.69) is 56.5 Å². The van der Waals surface area contributed by atoms with Gasteiger partial charge in [-0.15, -0.1) is 22.7 Å². The van der Waals surface area contributed by atoms with Gasteiger partial charge in [-0.1, -0.05) is 13.0 Å². The summed E-state index contributed by atoms with van der Waals surface area (Å²) in [5.74, 6) is 1.56. The van der Waals surface area contributed by atoms with Crippen molar-refractivity contribution >= 4 is 44.7 Å². The maximum atomic E-state index is 4.57. The van der Waals surface area contributed by atoms with Crippen LogP contribution in [0.15, 0.2) is 29.0 Å². The Morgan fingerprint density at radius 1 is 1.20 bits per heavy atom. The fraction of sp³-hybridized carbons (Fsp3) is 0.286. The van der Waals surface area contributed by atoms with Gasteiger partial charge in [0.1, 0.15) is 10.6 Å². The average molecular weight is 304 g/mol. The fourth-order valence-electron chi connectivity index (χ4n) is 2.11. The summed E-state index contributed by atoms with van der Waals surface area (Å²) >= 11 is 3.41. The molecular formula is C14H16N4S2. The highest BCUT2D eigenvalue weighted by molar-refractivity contribution is 7.16. The third-order valence-electron chi connectivity index (χ3n) is 3.15. The van der Waals surface area contributed by atoms with Crippen LogP contribution in [0.3, 0.4) is 0 Å². The Morgan fingerprint density at radius 3 is 2.80 bits per heavy atom. The molecule has 3 aromatic rings. The van der Waals surface area contributed by atoms with E-state index in [0.29, 0.717) is 5.95 Å². The van der Waals surface area contributed by atoms with Crippen molar-refractivity contribution in [1.82, 2.24) is 9.97 Å². The average Bonchev–Trinajstić information content (AvgIpc) is 3.14. The van der Waals surface area contributed by atoms with Crippen LogP contribution in [0.4, 0.5) is 11.8 Å². The molecule has 3 rings (SSSR count). The summed E-state index contributed by atoms with van der Waals surface area (Å²) in [6.45, 7) is 2.18. The number of rotatable bonds is 5. The number of fused-ring (bicyclic) bond motifs is 1. The Hall–Kier alpha value is -1.66. The molecule has 2 N–H and O–H groups in total. The van der Waals surface area contributed by atoms with E-state index in [9.17, 15) is 0 Å². The molecule has 3 heterocycles. The number of aromatic nitrogens is 2. The molecule has 0 radical (unpaired) electrons. The molecule has 104 valence electrons. The molecule has 0 spiro atoms. The Bertz CT molecular complexity index is 690. The van der Waals surface area contributed by atoms with Crippen molar-refractivity contribution in [3.05, 3.63) is 33.8 Å². The highest BCUT2D eigenvalue weighted by atomic mass is 32.1. The summed E-state index contributed by atoms with van der Waals surface area (Å²) < 4.78 is 0. The molecule has 1 atom stereocenters. The van der Waals surface area contributed by atoms with Gasteiger partial charge in [-0.25, -0.2) is 4.98 Å². The molecule has 0 aliphatic rings. The van der Waals surface area contributed by atoms with Crippen LogP contribution < -0.4 is 10.6 Å². The van der Waals surface area contributed by atoms with E-state index in [1.54, 1.807) is 22.7 Å². The van der Waals surface area contributed by atoms with Crippen LogP contribution in [0.25, 0.3) is 10.2 Å². The summed E-state index contributed by atoms with van der Waals surface area (Å²) in [6, 6.07) is 6.61. The third-order valence-corrected chi connectivity index (χ3v) is 4.95.